The fourth-order valence-corrected chi connectivity index (χ4v) is 30.1. The van der Waals surface area contributed by atoms with Crippen molar-refractivity contribution in [3.05, 3.63) is 0 Å². The van der Waals surface area contributed by atoms with E-state index in [0.29, 0.717) is 0 Å². The maximum Gasteiger partial charge on any atom is 0.317 e. The van der Waals surface area contributed by atoms with Gasteiger partial charge in [0.15, 0.2) is 0 Å². The Balaban J connectivity index is 3.15. The van der Waals surface area contributed by atoms with Crippen LogP contribution in [0.1, 0.15) is 156 Å². The Morgan fingerprint density at radius 3 is 0.625 bits per heavy atom. The Labute approximate surface area is 256 Å². The third-order valence-electron chi connectivity index (χ3n) is 8.66. The average molecular weight is 633 g/mol. The Morgan fingerprint density at radius 1 is 0.275 bits per heavy atom. The molecule has 0 aromatic heterocycles. The molecule has 1 aliphatic rings. The smallest absolute Gasteiger partial charge is 0.317 e. The van der Waals surface area contributed by atoms with E-state index in [1.165, 1.54) is 128 Å². The summed E-state index contributed by atoms with van der Waals surface area (Å²) in [5.41, 5.74) is 0. The molecule has 1 rings (SSSR count). The summed E-state index contributed by atoms with van der Waals surface area (Å²) in [6.07, 6.45) is 25.9. The molecule has 0 spiro atoms. The van der Waals surface area contributed by atoms with E-state index in [1.54, 1.807) is 0 Å². The van der Waals surface area contributed by atoms with Crippen LogP contribution in [0.25, 0.3) is 0 Å². The molecule has 0 radical (unpaired) electrons. The quantitative estimate of drug-likeness (QED) is 0.0783. The molecule has 0 bridgehead atoms. The highest BCUT2D eigenvalue weighted by molar-refractivity contribution is 6.93. The van der Waals surface area contributed by atoms with Crippen LogP contribution >= 0.6 is 0 Å². The summed E-state index contributed by atoms with van der Waals surface area (Å²) >= 11 is 0. The van der Waals surface area contributed by atoms with Crippen LogP contribution < -0.4 is 0 Å². The predicted molar refractivity (Wildman–Crippen MR) is 185 cm³/mol. The maximum atomic E-state index is 7.38. The summed E-state index contributed by atoms with van der Waals surface area (Å²) in [6, 6.07) is 4.37. The minimum absolute atomic E-state index is 1.09. The molecule has 0 atom stereocenters. The average Bonchev–Trinajstić information content (AvgIpc) is 2.87. The molecule has 0 saturated carbocycles. The Bertz CT molecular complexity index is 510. The van der Waals surface area contributed by atoms with Crippen LogP contribution in [-0.4, -0.2) is 34.2 Å². The molecule has 0 N–H and O–H groups in total. The lowest BCUT2D eigenvalue weighted by Crippen LogP contribution is -2.67. The fraction of sp³-hybridized carbons (Fsp3) is 1.00. The van der Waals surface area contributed by atoms with E-state index in [9.17, 15) is 0 Å². The van der Waals surface area contributed by atoms with Crippen molar-refractivity contribution in [3.63, 3.8) is 0 Å². The first-order valence-corrected chi connectivity index (χ1v) is 28.0. The van der Waals surface area contributed by atoms with Crippen LogP contribution in [0, 0.1) is 0 Å². The molecule has 40 heavy (non-hydrogen) atoms. The summed E-state index contributed by atoms with van der Waals surface area (Å²) < 4.78 is 29.5. The molecule has 1 aliphatic heterocycles. The first-order chi connectivity index (χ1) is 19.1. The Kier molecular flexibility index (Phi) is 20.7. The van der Waals surface area contributed by atoms with Gasteiger partial charge in [-0.05, 0) is 50.4 Å². The van der Waals surface area contributed by atoms with E-state index in [4.69, 9.17) is 16.5 Å². The zero-order valence-corrected chi connectivity index (χ0v) is 32.6. The monoisotopic (exact) mass is 632 g/mol. The first kappa shape index (κ1) is 38.7. The summed E-state index contributed by atoms with van der Waals surface area (Å²) in [6.45, 7) is 18.7. The molecule has 0 amide bonds. The highest BCUT2D eigenvalue weighted by atomic mass is 28.5. The molecule has 8 heteroatoms. The van der Waals surface area contributed by atoms with Crippen molar-refractivity contribution in [1.82, 2.24) is 0 Å². The van der Waals surface area contributed by atoms with Crippen molar-refractivity contribution in [2.24, 2.45) is 0 Å². The molecule has 0 aromatic rings. The highest BCUT2D eigenvalue weighted by Crippen LogP contribution is 2.39. The minimum Gasteiger partial charge on any atom is -0.416 e. The first-order valence-electron chi connectivity index (χ1n) is 17.9. The number of hydrogen-bond acceptors (Lipinski definition) is 4. The van der Waals surface area contributed by atoms with Crippen LogP contribution in [0.15, 0.2) is 0 Å². The molecule has 4 nitrogen and oxygen atoms in total. The lowest BCUT2D eigenvalue weighted by Gasteiger charge is -2.50. The third kappa shape index (κ3) is 17.1. The van der Waals surface area contributed by atoms with E-state index in [2.05, 4.69) is 53.9 Å². The van der Waals surface area contributed by atoms with Gasteiger partial charge >= 0.3 is 34.2 Å². The van der Waals surface area contributed by atoms with Crippen LogP contribution in [0.5, 0.6) is 0 Å². The zero-order valence-electron chi connectivity index (χ0n) is 28.6. The molecule has 240 valence electrons. The van der Waals surface area contributed by atoms with E-state index >= 15 is 0 Å². The molecular weight excluding hydrogens is 561 g/mol. The van der Waals surface area contributed by atoms with Gasteiger partial charge in [-0.1, -0.05) is 156 Å². The number of hydrogen-bond donors (Lipinski definition) is 0. The number of unbranched alkanes of at least 4 members (excludes halogenated alkanes) is 16. The SMILES string of the molecule is CCCCCCC[Si]1(C)O[Si](C)(CCCCCCC)O[Si](C)(CCCCCCC)O[Si](C)(CCCCCCC)O1. The molecule has 0 aliphatic carbocycles. The predicted octanol–water partition coefficient (Wildman–Crippen LogP) is 12.2. The lowest BCUT2D eigenvalue weighted by molar-refractivity contribution is 0.219. The van der Waals surface area contributed by atoms with E-state index < -0.39 is 34.2 Å². The van der Waals surface area contributed by atoms with Gasteiger partial charge in [-0.2, -0.15) is 0 Å². The van der Waals surface area contributed by atoms with Gasteiger partial charge in [0, 0.05) is 0 Å². The highest BCUT2D eigenvalue weighted by Gasteiger charge is 2.56. The Morgan fingerprint density at radius 2 is 0.450 bits per heavy atom. The standard InChI is InChI=1S/C32H72O4Si4/c1-9-13-17-21-25-29-37(5)33-38(6,30-26-22-18-14-10-2)35-40(8,32-28-24-20-16-12-4)36-39(7,34-37)31-27-23-19-15-11-3/h9-32H2,1-8H3. The summed E-state index contributed by atoms with van der Waals surface area (Å²) in [5, 5.41) is 0. The van der Waals surface area contributed by atoms with Crippen LogP contribution in [0.3, 0.4) is 0 Å². The van der Waals surface area contributed by atoms with Gasteiger partial charge in [-0.15, -0.1) is 0 Å². The van der Waals surface area contributed by atoms with Crippen LogP contribution in [-0.2, 0) is 16.5 Å². The van der Waals surface area contributed by atoms with E-state index in [0.717, 1.165) is 24.2 Å². The summed E-state index contributed by atoms with van der Waals surface area (Å²) in [7, 11) is -9.67. The zero-order chi connectivity index (χ0) is 29.8. The Hall–Kier alpha value is 0.708. The van der Waals surface area contributed by atoms with Gasteiger partial charge in [0.25, 0.3) is 0 Å². The maximum absolute atomic E-state index is 7.38. The van der Waals surface area contributed by atoms with Crippen molar-refractivity contribution < 1.29 is 16.5 Å². The molecule has 0 unspecified atom stereocenters. The second kappa shape index (κ2) is 21.4. The topological polar surface area (TPSA) is 36.9 Å². The van der Waals surface area contributed by atoms with Gasteiger partial charge in [0.05, 0.1) is 0 Å². The van der Waals surface area contributed by atoms with E-state index in [-0.39, 0.29) is 0 Å². The van der Waals surface area contributed by atoms with E-state index in [1.807, 2.05) is 0 Å². The fourth-order valence-electron chi connectivity index (χ4n) is 6.52. The normalized spacial score (nSPS) is 29.4. The second-order valence-electron chi connectivity index (χ2n) is 13.6. The van der Waals surface area contributed by atoms with Crippen molar-refractivity contribution in [2.75, 3.05) is 0 Å². The van der Waals surface area contributed by atoms with Gasteiger partial charge in [0.2, 0.25) is 0 Å². The lowest BCUT2D eigenvalue weighted by atomic mass is 10.2. The molecule has 1 heterocycles. The molecular formula is C32H72O4Si4. The number of rotatable bonds is 24. The van der Waals surface area contributed by atoms with Crippen molar-refractivity contribution in [1.29, 1.82) is 0 Å². The van der Waals surface area contributed by atoms with Crippen molar-refractivity contribution in [3.8, 4) is 0 Å². The van der Waals surface area contributed by atoms with Gasteiger partial charge < -0.3 is 16.5 Å². The molecule has 0 aromatic carbocycles. The third-order valence-corrected chi connectivity index (χ3v) is 27.5. The second-order valence-corrected chi connectivity index (χ2v) is 27.9. The summed E-state index contributed by atoms with van der Waals surface area (Å²) in [5.74, 6) is 0. The van der Waals surface area contributed by atoms with Crippen LogP contribution in [0.2, 0.25) is 50.4 Å². The van der Waals surface area contributed by atoms with Gasteiger partial charge in [-0.25, -0.2) is 0 Å². The largest absolute Gasteiger partial charge is 0.416 e. The van der Waals surface area contributed by atoms with Gasteiger partial charge in [0.1, 0.15) is 0 Å². The van der Waals surface area contributed by atoms with Crippen molar-refractivity contribution in [2.45, 2.75) is 206 Å². The van der Waals surface area contributed by atoms with Crippen molar-refractivity contribution >= 4 is 34.2 Å². The molecule has 1 fully saturated rings. The minimum atomic E-state index is -2.42. The summed E-state index contributed by atoms with van der Waals surface area (Å²) in [4.78, 5) is 0. The molecule has 1 saturated heterocycles. The van der Waals surface area contributed by atoms with Crippen LogP contribution in [0.4, 0.5) is 0 Å². The van der Waals surface area contributed by atoms with Gasteiger partial charge in [-0.3, -0.25) is 0 Å².